The number of ether oxygens (including phenoxy) is 2. The first-order chi connectivity index (χ1) is 11.5. The maximum absolute atomic E-state index is 13.6. The van der Waals surface area contributed by atoms with Gasteiger partial charge in [-0.1, -0.05) is 25.5 Å². The lowest BCUT2D eigenvalue weighted by Gasteiger charge is -2.25. The second-order valence-electron chi connectivity index (χ2n) is 5.66. The minimum Gasteiger partial charge on any atom is -0.493 e. The fourth-order valence-corrected chi connectivity index (χ4v) is 2.96. The van der Waals surface area contributed by atoms with Crippen molar-refractivity contribution in [1.29, 1.82) is 0 Å². The summed E-state index contributed by atoms with van der Waals surface area (Å²) in [6.45, 7) is 3.95. The highest BCUT2D eigenvalue weighted by Gasteiger charge is 2.29. The van der Waals surface area contributed by atoms with Crippen molar-refractivity contribution in [3.05, 3.63) is 34.9 Å². The van der Waals surface area contributed by atoms with Crippen molar-refractivity contribution in [2.45, 2.75) is 52.1 Å². The minimum atomic E-state index is -3.03. The van der Waals surface area contributed by atoms with Crippen molar-refractivity contribution in [2.75, 3.05) is 13.2 Å². The third-order valence-corrected chi connectivity index (χ3v) is 4.04. The molecule has 1 atom stereocenters. The molecule has 2 rings (SSSR count). The predicted octanol–water partition coefficient (Wildman–Crippen LogP) is 5.93. The van der Waals surface area contributed by atoms with E-state index in [0.29, 0.717) is 12.0 Å². The van der Waals surface area contributed by atoms with Gasteiger partial charge in [0.2, 0.25) is 0 Å². The molecule has 1 aromatic rings. The molecule has 0 aromatic heterocycles. The molecule has 0 saturated carbocycles. The van der Waals surface area contributed by atoms with E-state index in [1.807, 2.05) is 13.0 Å². The third kappa shape index (κ3) is 4.09. The fraction of sp³-hybridized carbons (Fsp3) is 0.556. The smallest absolute Gasteiger partial charge is 0.267 e. The Bertz CT molecular complexity index is 585. The van der Waals surface area contributed by atoms with Gasteiger partial charge in [0.05, 0.1) is 24.9 Å². The minimum absolute atomic E-state index is 0.0611. The number of hydrogen-bond donors (Lipinski definition) is 0. The van der Waals surface area contributed by atoms with Crippen LogP contribution in [0, 0.1) is 0 Å². The highest BCUT2D eigenvalue weighted by atomic mass is 19.3. The van der Waals surface area contributed by atoms with Gasteiger partial charge in [0.15, 0.2) is 0 Å². The van der Waals surface area contributed by atoms with E-state index >= 15 is 0 Å². The van der Waals surface area contributed by atoms with E-state index < -0.39 is 24.0 Å². The number of alkyl halides is 4. The van der Waals surface area contributed by atoms with Crippen LogP contribution >= 0.6 is 0 Å². The molecule has 1 heterocycles. The Labute approximate surface area is 139 Å². The Hall–Kier alpha value is -1.56. The lowest BCUT2D eigenvalue weighted by atomic mass is 9.92. The van der Waals surface area contributed by atoms with Crippen molar-refractivity contribution in [3.8, 4) is 5.75 Å². The van der Waals surface area contributed by atoms with Crippen molar-refractivity contribution in [1.82, 2.24) is 0 Å². The first-order valence-corrected chi connectivity index (χ1v) is 8.16. The quantitative estimate of drug-likeness (QED) is 0.570. The zero-order valence-electron chi connectivity index (χ0n) is 13.8. The second kappa shape index (κ2) is 8.51. The van der Waals surface area contributed by atoms with Gasteiger partial charge in [-0.3, -0.25) is 0 Å². The van der Waals surface area contributed by atoms with E-state index in [9.17, 15) is 17.6 Å². The summed E-state index contributed by atoms with van der Waals surface area (Å²) in [6.07, 6.45) is -1.71. The largest absolute Gasteiger partial charge is 0.493 e. The van der Waals surface area contributed by atoms with Gasteiger partial charge in [-0.25, -0.2) is 17.6 Å². The van der Waals surface area contributed by atoms with Crippen LogP contribution in [0.15, 0.2) is 18.2 Å². The van der Waals surface area contributed by atoms with Gasteiger partial charge in [-0.15, -0.1) is 0 Å². The number of hydrogen-bond acceptors (Lipinski definition) is 2. The van der Waals surface area contributed by atoms with Crippen LogP contribution in [0.1, 0.15) is 62.7 Å². The van der Waals surface area contributed by atoms with Crippen molar-refractivity contribution >= 4 is 5.57 Å². The van der Waals surface area contributed by atoms with Gasteiger partial charge in [0.1, 0.15) is 5.75 Å². The van der Waals surface area contributed by atoms with E-state index in [-0.39, 0.29) is 30.6 Å². The van der Waals surface area contributed by atoms with Crippen molar-refractivity contribution < 1.29 is 27.0 Å². The Morgan fingerprint density at radius 3 is 2.33 bits per heavy atom. The summed E-state index contributed by atoms with van der Waals surface area (Å²) in [7, 11) is 0. The summed E-state index contributed by atoms with van der Waals surface area (Å²) < 4.78 is 64.7. The molecule has 0 amide bonds. The van der Waals surface area contributed by atoms with Gasteiger partial charge in [-0.2, -0.15) is 0 Å². The van der Waals surface area contributed by atoms with Crippen LogP contribution in [0.25, 0.3) is 5.57 Å². The van der Waals surface area contributed by atoms with E-state index in [4.69, 9.17) is 9.47 Å². The predicted molar refractivity (Wildman–Crippen MR) is 84.8 cm³/mol. The number of rotatable bonds is 7. The molecule has 1 aliphatic heterocycles. The zero-order valence-corrected chi connectivity index (χ0v) is 13.8. The van der Waals surface area contributed by atoms with E-state index in [2.05, 4.69) is 0 Å². The Morgan fingerprint density at radius 2 is 1.83 bits per heavy atom. The first-order valence-electron chi connectivity index (χ1n) is 8.16. The monoisotopic (exact) mass is 346 g/mol. The SMILES string of the molecule is CCCC1CC=C(c2ccc(OCC)c(C(F)F)c2C(F)F)CO1. The lowest BCUT2D eigenvalue weighted by molar-refractivity contribution is 0.0657. The van der Waals surface area contributed by atoms with Crippen LogP contribution in [0.5, 0.6) is 5.75 Å². The lowest BCUT2D eigenvalue weighted by Crippen LogP contribution is -2.19. The van der Waals surface area contributed by atoms with Crippen LogP contribution < -0.4 is 4.74 Å². The van der Waals surface area contributed by atoms with E-state index in [1.54, 1.807) is 6.92 Å². The van der Waals surface area contributed by atoms with Gasteiger partial charge in [0, 0.05) is 5.56 Å². The highest BCUT2D eigenvalue weighted by Crippen LogP contribution is 2.42. The molecule has 0 fully saturated rings. The van der Waals surface area contributed by atoms with Gasteiger partial charge >= 0.3 is 0 Å². The Kier molecular flexibility index (Phi) is 6.66. The molecule has 1 aromatic carbocycles. The summed E-state index contributed by atoms with van der Waals surface area (Å²) in [5, 5.41) is 0. The molecule has 0 bridgehead atoms. The van der Waals surface area contributed by atoms with E-state index in [1.165, 1.54) is 12.1 Å². The van der Waals surface area contributed by atoms with Gasteiger partial charge in [0.25, 0.3) is 12.9 Å². The highest BCUT2D eigenvalue weighted by molar-refractivity contribution is 5.72. The van der Waals surface area contributed by atoms with Crippen LogP contribution in [-0.2, 0) is 4.74 Å². The molecule has 0 radical (unpaired) electrons. The summed E-state index contributed by atoms with van der Waals surface area (Å²) in [6, 6.07) is 2.76. The molecule has 0 N–H and O–H groups in total. The first kappa shape index (κ1) is 18.8. The summed E-state index contributed by atoms with van der Waals surface area (Å²) in [5.74, 6) is -0.187. The summed E-state index contributed by atoms with van der Waals surface area (Å²) in [4.78, 5) is 0. The zero-order chi connectivity index (χ0) is 17.7. The Morgan fingerprint density at radius 1 is 1.12 bits per heavy atom. The van der Waals surface area contributed by atoms with Crippen molar-refractivity contribution in [3.63, 3.8) is 0 Å². The maximum Gasteiger partial charge on any atom is 0.267 e. The molecule has 1 aliphatic rings. The molecule has 6 heteroatoms. The molecular formula is C18H22F4O2. The molecule has 134 valence electrons. The molecule has 0 saturated heterocycles. The molecule has 2 nitrogen and oxygen atoms in total. The maximum atomic E-state index is 13.6. The summed E-state index contributed by atoms with van der Waals surface area (Å²) >= 11 is 0. The van der Waals surface area contributed by atoms with Crippen molar-refractivity contribution in [2.24, 2.45) is 0 Å². The molecule has 24 heavy (non-hydrogen) atoms. The van der Waals surface area contributed by atoms with Gasteiger partial charge < -0.3 is 9.47 Å². The fourth-order valence-electron chi connectivity index (χ4n) is 2.96. The Balaban J connectivity index is 2.45. The molecule has 1 unspecified atom stereocenters. The average Bonchev–Trinajstić information content (AvgIpc) is 2.55. The van der Waals surface area contributed by atoms with E-state index in [0.717, 1.165) is 12.8 Å². The third-order valence-electron chi connectivity index (χ3n) is 4.04. The molecule has 0 aliphatic carbocycles. The number of benzene rings is 1. The van der Waals surface area contributed by atoms with Gasteiger partial charge in [-0.05, 0) is 37.0 Å². The second-order valence-corrected chi connectivity index (χ2v) is 5.66. The summed E-state index contributed by atoms with van der Waals surface area (Å²) in [5.41, 5.74) is -0.720. The van der Waals surface area contributed by atoms with Crippen LogP contribution in [-0.4, -0.2) is 19.3 Å². The number of halogens is 4. The van der Waals surface area contributed by atoms with Crippen LogP contribution in [0.2, 0.25) is 0 Å². The molecule has 0 spiro atoms. The molecular weight excluding hydrogens is 324 g/mol. The normalized spacial score (nSPS) is 18.2. The van der Waals surface area contributed by atoms with Crippen LogP contribution in [0.4, 0.5) is 17.6 Å². The average molecular weight is 346 g/mol. The topological polar surface area (TPSA) is 18.5 Å². The van der Waals surface area contributed by atoms with Crippen LogP contribution in [0.3, 0.4) is 0 Å². The standard InChI is InChI=1S/C18H22F4O2/c1-3-5-12-7-6-11(10-24-12)13-8-9-14(23-4-2)16(18(21)22)15(13)17(19)20/h6,8-9,12,17-18H,3-5,7,10H2,1-2H3.